The molecule has 1 amide bonds. The number of hydrogen-bond donors (Lipinski definition) is 3. The lowest BCUT2D eigenvalue weighted by atomic mass is 10.1. The number of carboxylic acids is 1. The molecule has 3 rings (SSSR count). The summed E-state index contributed by atoms with van der Waals surface area (Å²) >= 11 is 7.73. The summed E-state index contributed by atoms with van der Waals surface area (Å²) in [6, 6.07) is 19.3. The zero-order valence-electron chi connectivity index (χ0n) is 19.6. The van der Waals surface area contributed by atoms with Gasteiger partial charge in [-0.1, -0.05) is 42.5 Å². The minimum Gasteiger partial charge on any atom is -0.478 e. The smallest absolute Gasteiger partial charge is 0.335 e. The van der Waals surface area contributed by atoms with Gasteiger partial charge in [0.05, 0.1) is 11.3 Å². The summed E-state index contributed by atoms with van der Waals surface area (Å²) in [7, 11) is 0. The number of halogens is 1. The molecule has 0 bridgehead atoms. The molecule has 0 atom stereocenters. The lowest BCUT2D eigenvalue weighted by Crippen LogP contribution is -2.34. The van der Waals surface area contributed by atoms with Gasteiger partial charge in [-0.25, -0.2) is 4.79 Å². The standard InChI is InChI=1S/C27H26ClN3O4S/c1-3-6-25(29)35-21-11-13-22(14-12-21)36-31(24-10-5-9-23(28)18(24)2)17-26(32)30-16-19-7-4-8-20(15-19)27(33)34/h3-15H,1,16-17,29H2,2H3,(H,30,32)(H,33,34)/b25-6+. The number of allylic oxidation sites excluding steroid dienone is 2. The van der Waals surface area contributed by atoms with Gasteiger partial charge in [-0.15, -0.1) is 0 Å². The van der Waals surface area contributed by atoms with Gasteiger partial charge < -0.3 is 25.2 Å². The van der Waals surface area contributed by atoms with Crippen molar-refractivity contribution in [1.82, 2.24) is 5.32 Å². The number of amides is 1. The van der Waals surface area contributed by atoms with Gasteiger partial charge >= 0.3 is 5.97 Å². The van der Waals surface area contributed by atoms with Gasteiger partial charge in [-0.3, -0.25) is 4.79 Å². The molecule has 0 fully saturated rings. The Hall–Kier alpha value is -3.88. The average molecular weight is 524 g/mol. The lowest BCUT2D eigenvalue weighted by Gasteiger charge is -2.25. The van der Waals surface area contributed by atoms with Crippen molar-refractivity contribution >= 4 is 41.1 Å². The molecule has 7 nitrogen and oxygen atoms in total. The fraction of sp³-hybridized carbons (Fsp3) is 0.111. The van der Waals surface area contributed by atoms with Crippen LogP contribution in [0, 0.1) is 6.92 Å². The SMILES string of the molecule is C=C/C=C(\N)Oc1ccc(SN(CC(=O)NCc2cccc(C(=O)O)c2)c2cccc(Cl)c2C)cc1. The van der Waals surface area contributed by atoms with E-state index in [0.717, 1.165) is 16.1 Å². The number of aromatic carboxylic acids is 1. The fourth-order valence-electron chi connectivity index (χ4n) is 3.22. The third-order valence-electron chi connectivity index (χ3n) is 5.02. The van der Waals surface area contributed by atoms with Gasteiger partial charge in [-0.05, 0) is 84.6 Å². The molecule has 0 aliphatic heterocycles. The van der Waals surface area contributed by atoms with Crippen LogP contribution in [0.2, 0.25) is 5.02 Å². The van der Waals surface area contributed by atoms with Crippen molar-refractivity contribution in [2.75, 3.05) is 10.8 Å². The Morgan fingerprint density at radius 2 is 1.89 bits per heavy atom. The average Bonchev–Trinajstić information content (AvgIpc) is 2.85. The van der Waals surface area contributed by atoms with E-state index in [1.54, 1.807) is 42.5 Å². The minimum absolute atomic E-state index is 0.0394. The number of nitrogens with zero attached hydrogens (tertiary/aromatic N) is 1. The molecule has 9 heteroatoms. The van der Waals surface area contributed by atoms with Gasteiger partial charge in [0.2, 0.25) is 5.91 Å². The summed E-state index contributed by atoms with van der Waals surface area (Å²) in [6.45, 7) is 5.73. The van der Waals surface area contributed by atoms with Crippen LogP contribution < -0.4 is 20.1 Å². The Bertz CT molecular complexity index is 1280. The van der Waals surface area contributed by atoms with Crippen LogP contribution in [0.5, 0.6) is 5.75 Å². The second-order valence-corrected chi connectivity index (χ2v) is 9.17. The number of carbonyl (C=O) groups excluding carboxylic acids is 1. The molecule has 0 heterocycles. The molecule has 0 radical (unpaired) electrons. The predicted octanol–water partition coefficient (Wildman–Crippen LogP) is 5.54. The molecule has 3 aromatic rings. The number of carbonyl (C=O) groups is 2. The number of carboxylic acid groups (broad SMARTS) is 1. The van der Waals surface area contributed by atoms with E-state index in [1.807, 2.05) is 35.5 Å². The third-order valence-corrected chi connectivity index (χ3v) is 6.45. The molecular weight excluding hydrogens is 498 g/mol. The number of rotatable bonds is 11. The molecule has 0 spiro atoms. The second-order valence-electron chi connectivity index (χ2n) is 7.67. The zero-order chi connectivity index (χ0) is 26.1. The highest BCUT2D eigenvalue weighted by molar-refractivity contribution is 8.00. The van der Waals surface area contributed by atoms with Crippen LogP contribution in [0.1, 0.15) is 21.5 Å². The maximum absolute atomic E-state index is 12.9. The van der Waals surface area contributed by atoms with Crippen LogP contribution >= 0.6 is 23.5 Å². The highest BCUT2D eigenvalue weighted by atomic mass is 35.5. The Labute approximate surface area is 219 Å². The number of benzene rings is 3. The van der Waals surface area contributed by atoms with Crippen molar-refractivity contribution in [2.24, 2.45) is 5.73 Å². The minimum atomic E-state index is -1.02. The molecule has 0 unspecified atom stereocenters. The molecule has 0 saturated carbocycles. The van der Waals surface area contributed by atoms with E-state index in [2.05, 4.69) is 11.9 Å². The summed E-state index contributed by atoms with van der Waals surface area (Å²) in [4.78, 5) is 25.0. The van der Waals surface area contributed by atoms with Crippen molar-refractivity contribution in [3.8, 4) is 5.75 Å². The molecular formula is C27H26ClN3O4S. The summed E-state index contributed by atoms with van der Waals surface area (Å²) in [5, 5.41) is 12.6. The van der Waals surface area contributed by atoms with Crippen LogP contribution in [0.3, 0.4) is 0 Å². The molecule has 0 aliphatic carbocycles. The maximum Gasteiger partial charge on any atom is 0.335 e. The topological polar surface area (TPSA) is 105 Å². The molecule has 0 aliphatic rings. The maximum atomic E-state index is 12.9. The number of anilines is 1. The van der Waals surface area contributed by atoms with Crippen LogP contribution in [0.25, 0.3) is 0 Å². The van der Waals surface area contributed by atoms with E-state index in [0.29, 0.717) is 16.3 Å². The molecule has 0 saturated heterocycles. The van der Waals surface area contributed by atoms with E-state index in [4.69, 9.17) is 22.1 Å². The largest absolute Gasteiger partial charge is 0.478 e. The van der Waals surface area contributed by atoms with E-state index in [1.165, 1.54) is 24.1 Å². The number of nitrogens with one attached hydrogen (secondary N) is 1. The van der Waals surface area contributed by atoms with Gasteiger partial charge in [0.25, 0.3) is 0 Å². The molecule has 0 aromatic heterocycles. The summed E-state index contributed by atoms with van der Waals surface area (Å²) in [5.74, 6) is -0.447. The molecule has 36 heavy (non-hydrogen) atoms. The van der Waals surface area contributed by atoms with Crippen molar-refractivity contribution < 1.29 is 19.4 Å². The first-order valence-corrected chi connectivity index (χ1v) is 12.1. The Morgan fingerprint density at radius 3 is 2.58 bits per heavy atom. The van der Waals surface area contributed by atoms with E-state index in [-0.39, 0.29) is 30.4 Å². The van der Waals surface area contributed by atoms with Crippen molar-refractivity contribution in [3.63, 3.8) is 0 Å². The molecule has 3 aromatic carbocycles. The highest BCUT2D eigenvalue weighted by Gasteiger charge is 2.17. The first-order valence-electron chi connectivity index (χ1n) is 10.9. The number of hydrogen-bond acceptors (Lipinski definition) is 6. The second kappa shape index (κ2) is 12.7. The Kier molecular flexibility index (Phi) is 9.44. The van der Waals surface area contributed by atoms with Crippen LogP contribution in [0.15, 0.2) is 96.2 Å². The van der Waals surface area contributed by atoms with E-state index in [9.17, 15) is 14.7 Å². The predicted molar refractivity (Wildman–Crippen MR) is 144 cm³/mol. The quantitative estimate of drug-likeness (QED) is 0.172. The summed E-state index contributed by atoms with van der Waals surface area (Å²) in [5.41, 5.74) is 8.27. The van der Waals surface area contributed by atoms with Gasteiger partial charge in [-0.2, -0.15) is 0 Å². The number of nitrogens with two attached hydrogens (primary N) is 1. The van der Waals surface area contributed by atoms with Crippen LogP contribution in [0.4, 0.5) is 5.69 Å². The summed E-state index contributed by atoms with van der Waals surface area (Å²) < 4.78 is 7.38. The van der Waals surface area contributed by atoms with Crippen LogP contribution in [-0.4, -0.2) is 23.5 Å². The monoisotopic (exact) mass is 523 g/mol. The van der Waals surface area contributed by atoms with Crippen molar-refractivity contribution in [2.45, 2.75) is 18.4 Å². The first-order chi connectivity index (χ1) is 17.3. The van der Waals surface area contributed by atoms with Crippen molar-refractivity contribution in [1.29, 1.82) is 0 Å². The van der Waals surface area contributed by atoms with Gasteiger partial charge in [0.1, 0.15) is 12.3 Å². The zero-order valence-corrected chi connectivity index (χ0v) is 21.2. The Morgan fingerprint density at radius 1 is 1.17 bits per heavy atom. The third kappa shape index (κ3) is 7.56. The Balaban J connectivity index is 1.75. The van der Waals surface area contributed by atoms with Gasteiger partial charge in [0.15, 0.2) is 5.88 Å². The summed E-state index contributed by atoms with van der Waals surface area (Å²) in [6.07, 6.45) is 3.10. The van der Waals surface area contributed by atoms with E-state index < -0.39 is 5.97 Å². The normalized spacial score (nSPS) is 11.0. The number of ether oxygens (including phenoxy) is 1. The molecule has 4 N–H and O–H groups in total. The highest BCUT2D eigenvalue weighted by Crippen LogP contribution is 2.34. The van der Waals surface area contributed by atoms with Crippen LogP contribution in [-0.2, 0) is 11.3 Å². The first kappa shape index (κ1) is 26.7. The van der Waals surface area contributed by atoms with Gasteiger partial charge in [0, 0.05) is 16.5 Å². The molecule has 186 valence electrons. The fourth-order valence-corrected chi connectivity index (χ4v) is 4.38. The lowest BCUT2D eigenvalue weighted by molar-refractivity contribution is -0.119. The van der Waals surface area contributed by atoms with Crippen molar-refractivity contribution in [3.05, 3.63) is 113 Å². The van der Waals surface area contributed by atoms with E-state index >= 15 is 0 Å².